The predicted octanol–water partition coefficient (Wildman–Crippen LogP) is 2.50. The molecular formula is C16H17ClN4OS. The standard InChI is InChI=1S/C16H17ClN4OS/c17-15-14(7-18)16(23-20-15)19-8-13(22)10-21-6-5-11-3-1-2-4-12(11)9-21/h1-4,13,19,22H,5-6,8-10H2/t13-/m1/s1. The monoisotopic (exact) mass is 348 g/mol. The SMILES string of the molecule is N#Cc1c(Cl)nsc1NC[C@@H](O)CN1CCc2ccccc2C1. The van der Waals surface area contributed by atoms with Crippen LogP contribution in [-0.2, 0) is 13.0 Å². The number of fused-ring (bicyclic) bond motifs is 1. The summed E-state index contributed by atoms with van der Waals surface area (Å²) in [6, 6.07) is 10.5. The maximum Gasteiger partial charge on any atom is 0.162 e. The maximum atomic E-state index is 10.2. The van der Waals surface area contributed by atoms with Crippen molar-refractivity contribution in [3.8, 4) is 6.07 Å². The molecular weight excluding hydrogens is 332 g/mol. The molecule has 0 spiro atoms. The highest BCUT2D eigenvalue weighted by Crippen LogP contribution is 2.27. The molecule has 0 saturated carbocycles. The lowest BCUT2D eigenvalue weighted by molar-refractivity contribution is 0.114. The maximum absolute atomic E-state index is 10.2. The minimum atomic E-state index is -0.521. The van der Waals surface area contributed by atoms with Gasteiger partial charge in [-0.15, -0.1) is 0 Å². The smallest absolute Gasteiger partial charge is 0.162 e. The van der Waals surface area contributed by atoms with Crippen LogP contribution in [0.5, 0.6) is 0 Å². The molecule has 1 aliphatic rings. The zero-order valence-electron chi connectivity index (χ0n) is 12.5. The zero-order valence-corrected chi connectivity index (χ0v) is 14.1. The van der Waals surface area contributed by atoms with Crippen LogP contribution in [0, 0.1) is 11.3 Å². The van der Waals surface area contributed by atoms with Crippen molar-refractivity contribution < 1.29 is 5.11 Å². The van der Waals surface area contributed by atoms with Crippen LogP contribution >= 0.6 is 23.1 Å². The van der Waals surface area contributed by atoms with Gasteiger partial charge in [-0.2, -0.15) is 9.64 Å². The molecule has 0 bridgehead atoms. The number of aliphatic hydroxyl groups is 1. The van der Waals surface area contributed by atoms with Crippen molar-refractivity contribution in [1.82, 2.24) is 9.27 Å². The summed E-state index contributed by atoms with van der Waals surface area (Å²) in [5.74, 6) is 0. The number of nitrogens with zero attached hydrogens (tertiary/aromatic N) is 3. The zero-order chi connectivity index (χ0) is 16.2. The summed E-state index contributed by atoms with van der Waals surface area (Å²) in [5, 5.41) is 23.2. The molecule has 0 amide bonds. The van der Waals surface area contributed by atoms with Gasteiger partial charge in [-0.25, -0.2) is 0 Å². The van der Waals surface area contributed by atoms with E-state index in [1.165, 1.54) is 11.1 Å². The molecule has 23 heavy (non-hydrogen) atoms. The molecule has 0 aliphatic carbocycles. The van der Waals surface area contributed by atoms with E-state index in [1.54, 1.807) is 0 Å². The van der Waals surface area contributed by atoms with Crippen molar-refractivity contribution in [1.29, 1.82) is 5.26 Å². The molecule has 1 aromatic carbocycles. The van der Waals surface area contributed by atoms with Gasteiger partial charge in [-0.3, -0.25) is 4.90 Å². The first kappa shape index (κ1) is 16.2. The first-order chi connectivity index (χ1) is 11.2. The summed E-state index contributed by atoms with van der Waals surface area (Å²) in [4.78, 5) is 2.25. The quantitative estimate of drug-likeness (QED) is 0.868. The Morgan fingerprint density at radius 1 is 1.43 bits per heavy atom. The molecule has 2 N–H and O–H groups in total. The van der Waals surface area contributed by atoms with E-state index < -0.39 is 6.10 Å². The third-order valence-corrected chi connectivity index (χ3v) is 5.12. The average molecular weight is 349 g/mol. The largest absolute Gasteiger partial charge is 0.390 e. The van der Waals surface area contributed by atoms with Crippen molar-refractivity contribution in [3.05, 3.63) is 46.1 Å². The van der Waals surface area contributed by atoms with Crippen molar-refractivity contribution in [2.75, 3.05) is 25.0 Å². The van der Waals surface area contributed by atoms with Crippen LogP contribution in [0.25, 0.3) is 0 Å². The fourth-order valence-electron chi connectivity index (χ4n) is 2.77. The van der Waals surface area contributed by atoms with Gasteiger partial charge in [0.2, 0.25) is 0 Å². The molecule has 5 nitrogen and oxygen atoms in total. The van der Waals surface area contributed by atoms with Crippen LogP contribution in [0.15, 0.2) is 24.3 Å². The third kappa shape index (κ3) is 3.82. The Morgan fingerprint density at radius 3 is 3.00 bits per heavy atom. The fraction of sp³-hybridized carbons (Fsp3) is 0.375. The number of hydrogen-bond donors (Lipinski definition) is 2. The molecule has 1 aliphatic heterocycles. The molecule has 0 unspecified atom stereocenters. The molecule has 1 atom stereocenters. The Bertz CT molecular complexity index is 727. The lowest BCUT2D eigenvalue weighted by atomic mass is 10.00. The summed E-state index contributed by atoms with van der Waals surface area (Å²) in [6.07, 6.45) is 0.493. The molecule has 1 aromatic heterocycles. The fourth-order valence-corrected chi connectivity index (χ4v) is 3.71. The molecule has 0 saturated heterocycles. The lowest BCUT2D eigenvalue weighted by Crippen LogP contribution is -2.39. The lowest BCUT2D eigenvalue weighted by Gasteiger charge is -2.30. The Balaban J connectivity index is 1.52. The van der Waals surface area contributed by atoms with E-state index in [0.717, 1.165) is 31.0 Å². The molecule has 0 radical (unpaired) electrons. The second kappa shape index (κ2) is 7.28. The summed E-state index contributed by atoms with van der Waals surface area (Å²) in [5.41, 5.74) is 3.07. The van der Waals surface area contributed by atoms with Gasteiger partial charge in [0, 0.05) is 26.2 Å². The first-order valence-electron chi connectivity index (χ1n) is 7.43. The number of nitrogens with one attached hydrogen (secondary N) is 1. The number of aliphatic hydroxyl groups excluding tert-OH is 1. The van der Waals surface area contributed by atoms with Crippen molar-refractivity contribution in [3.63, 3.8) is 0 Å². The second-order valence-corrected chi connectivity index (χ2v) is 6.71. The van der Waals surface area contributed by atoms with E-state index in [0.29, 0.717) is 23.7 Å². The number of rotatable bonds is 5. The third-order valence-electron chi connectivity index (χ3n) is 3.94. The van der Waals surface area contributed by atoms with Gasteiger partial charge in [0.05, 0.1) is 6.10 Å². The van der Waals surface area contributed by atoms with Crippen molar-refractivity contribution in [2.45, 2.75) is 19.1 Å². The van der Waals surface area contributed by atoms with Crippen LogP contribution in [0.4, 0.5) is 5.00 Å². The number of benzene rings is 1. The Morgan fingerprint density at radius 2 is 2.22 bits per heavy atom. The predicted molar refractivity (Wildman–Crippen MR) is 91.8 cm³/mol. The van der Waals surface area contributed by atoms with E-state index >= 15 is 0 Å². The Kier molecular flexibility index (Phi) is 5.13. The molecule has 0 fully saturated rings. The van der Waals surface area contributed by atoms with Gasteiger partial charge in [-0.1, -0.05) is 35.9 Å². The van der Waals surface area contributed by atoms with Crippen LogP contribution in [0.3, 0.4) is 0 Å². The highest BCUT2D eigenvalue weighted by atomic mass is 35.5. The number of halogens is 1. The summed E-state index contributed by atoms with van der Waals surface area (Å²) in [7, 11) is 0. The number of anilines is 1. The van der Waals surface area contributed by atoms with Crippen LogP contribution in [0.2, 0.25) is 5.15 Å². The van der Waals surface area contributed by atoms with Gasteiger partial charge >= 0.3 is 0 Å². The van der Waals surface area contributed by atoms with Gasteiger partial charge in [0.25, 0.3) is 0 Å². The summed E-state index contributed by atoms with van der Waals surface area (Å²) in [6.45, 7) is 2.77. The Labute approximate surface area is 144 Å². The normalized spacial score (nSPS) is 15.7. The molecule has 2 heterocycles. The van der Waals surface area contributed by atoms with Gasteiger partial charge in [0.15, 0.2) is 5.15 Å². The van der Waals surface area contributed by atoms with Crippen LogP contribution in [0.1, 0.15) is 16.7 Å². The van der Waals surface area contributed by atoms with Crippen molar-refractivity contribution in [2.24, 2.45) is 0 Å². The minimum Gasteiger partial charge on any atom is -0.390 e. The average Bonchev–Trinajstić information content (AvgIpc) is 2.92. The van der Waals surface area contributed by atoms with Gasteiger partial charge < -0.3 is 10.4 Å². The van der Waals surface area contributed by atoms with E-state index in [2.05, 4.69) is 38.9 Å². The van der Waals surface area contributed by atoms with Gasteiger partial charge in [-0.05, 0) is 29.1 Å². The molecule has 2 aromatic rings. The van der Waals surface area contributed by atoms with E-state index in [-0.39, 0.29) is 5.15 Å². The number of aromatic nitrogens is 1. The van der Waals surface area contributed by atoms with E-state index in [1.807, 2.05) is 6.07 Å². The number of nitriles is 1. The molecule has 7 heteroatoms. The molecule has 120 valence electrons. The highest BCUT2D eigenvalue weighted by molar-refractivity contribution is 7.10. The summed E-state index contributed by atoms with van der Waals surface area (Å²) < 4.78 is 3.94. The first-order valence-corrected chi connectivity index (χ1v) is 8.59. The highest BCUT2D eigenvalue weighted by Gasteiger charge is 2.19. The Hall–Kier alpha value is -1.65. The van der Waals surface area contributed by atoms with Gasteiger partial charge in [0.1, 0.15) is 16.6 Å². The van der Waals surface area contributed by atoms with E-state index in [9.17, 15) is 5.11 Å². The van der Waals surface area contributed by atoms with E-state index in [4.69, 9.17) is 16.9 Å². The summed E-state index contributed by atoms with van der Waals surface area (Å²) >= 11 is 6.97. The minimum absolute atomic E-state index is 0.210. The van der Waals surface area contributed by atoms with Crippen molar-refractivity contribution >= 4 is 28.1 Å². The number of hydrogen-bond acceptors (Lipinski definition) is 6. The number of β-amino-alcohol motifs (C(OH)–C–C–N with tert-alkyl or cyclic N) is 1. The van der Waals surface area contributed by atoms with Crippen LogP contribution in [-0.4, -0.2) is 40.1 Å². The molecule has 3 rings (SSSR count). The second-order valence-electron chi connectivity index (χ2n) is 5.58. The van der Waals surface area contributed by atoms with Crippen LogP contribution < -0.4 is 5.32 Å². The topological polar surface area (TPSA) is 72.2 Å².